The molecule has 1 aromatic carbocycles. The van der Waals surface area contributed by atoms with Crippen molar-refractivity contribution in [3.63, 3.8) is 0 Å². The lowest BCUT2D eigenvalue weighted by molar-refractivity contribution is 0.0168. The number of ether oxygens (including phenoxy) is 3. The highest BCUT2D eigenvalue weighted by Gasteiger charge is 2.24. The van der Waals surface area contributed by atoms with Crippen LogP contribution in [0.4, 0.5) is 0 Å². The quantitative estimate of drug-likeness (QED) is 0.164. The number of rotatable bonds is 10. The number of guanidine groups is 1. The fourth-order valence-corrected chi connectivity index (χ4v) is 3.56. The Labute approximate surface area is 198 Å². The van der Waals surface area contributed by atoms with Crippen molar-refractivity contribution in [3.05, 3.63) is 36.4 Å². The van der Waals surface area contributed by atoms with Crippen LogP contribution < -0.4 is 14.8 Å². The molecule has 1 saturated heterocycles. The standard InChI is InChI=1S/C22H36N4O3.HI/c1-6-7-8-11-25(3)22(23-2)24-17-19(26-12-14-29-15-13-26)18-9-10-20(27-4)21(16-18)28-5;/h6,9-10,16,19H,1,7-8,11-15,17H2,2-5H3,(H,23,24);1H. The average Bonchev–Trinajstić information content (AvgIpc) is 2.77. The van der Waals surface area contributed by atoms with Gasteiger partial charge in [0.1, 0.15) is 0 Å². The van der Waals surface area contributed by atoms with Crippen molar-refractivity contribution in [1.29, 1.82) is 0 Å². The minimum absolute atomic E-state index is 0. The molecular weight excluding hydrogens is 495 g/mol. The highest BCUT2D eigenvalue weighted by atomic mass is 127. The van der Waals surface area contributed by atoms with Crippen molar-refractivity contribution >= 4 is 29.9 Å². The van der Waals surface area contributed by atoms with Crippen LogP contribution in [-0.2, 0) is 4.74 Å². The number of nitrogens with one attached hydrogen (secondary N) is 1. The van der Waals surface area contributed by atoms with Crippen LogP contribution in [0.15, 0.2) is 35.8 Å². The van der Waals surface area contributed by atoms with E-state index in [-0.39, 0.29) is 30.0 Å². The number of hydrogen-bond acceptors (Lipinski definition) is 5. The molecule has 0 saturated carbocycles. The fourth-order valence-electron chi connectivity index (χ4n) is 3.56. The molecule has 0 amide bonds. The Bertz CT molecular complexity index is 666. The number of morpholine rings is 1. The Hall–Kier alpha value is -1.52. The number of unbranched alkanes of at least 4 members (excludes halogenated alkanes) is 1. The molecule has 0 aliphatic carbocycles. The zero-order valence-electron chi connectivity index (χ0n) is 18.7. The summed E-state index contributed by atoms with van der Waals surface area (Å²) in [5.74, 6) is 2.38. The largest absolute Gasteiger partial charge is 0.493 e. The van der Waals surface area contributed by atoms with Gasteiger partial charge in [-0.05, 0) is 30.5 Å². The highest BCUT2D eigenvalue weighted by Crippen LogP contribution is 2.32. The van der Waals surface area contributed by atoms with E-state index in [1.54, 1.807) is 14.2 Å². The van der Waals surface area contributed by atoms with Crippen LogP contribution in [0.3, 0.4) is 0 Å². The molecule has 0 aromatic heterocycles. The lowest BCUT2D eigenvalue weighted by Crippen LogP contribution is -2.46. The predicted octanol–water partition coefficient (Wildman–Crippen LogP) is 3.17. The van der Waals surface area contributed by atoms with Gasteiger partial charge in [0.2, 0.25) is 0 Å². The van der Waals surface area contributed by atoms with Crippen LogP contribution in [0.5, 0.6) is 11.5 Å². The monoisotopic (exact) mass is 532 g/mol. The topological polar surface area (TPSA) is 58.6 Å². The minimum Gasteiger partial charge on any atom is -0.493 e. The Morgan fingerprint density at radius 1 is 1.30 bits per heavy atom. The molecule has 1 fully saturated rings. The first-order valence-corrected chi connectivity index (χ1v) is 10.2. The molecule has 0 spiro atoms. The third-order valence-corrected chi connectivity index (χ3v) is 5.21. The third kappa shape index (κ3) is 7.63. The summed E-state index contributed by atoms with van der Waals surface area (Å²) in [5, 5.41) is 3.55. The summed E-state index contributed by atoms with van der Waals surface area (Å²) in [6.45, 7) is 8.77. The lowest BCUT2D eigenvalue weighted by atomic mass is 10.0. The normalized spacial score (nSPS) is 15.7. The maximum Gasteiger partial charge on any atom is 0.193 e. The number of aliphatic imine (C=N–C) groups is 1. The second kappa shape index (κ2) is 14.5. The van der Waals surface area contributed by atoms with E-state index in [0.29, 0.717) is 0 Å². The van der Waals surface area contributed by atoms with Crippen LogP contribution in [0.2, 0.25) is 0 Å². The molecule has 1 aliphatic rings. The van der Waals surface area contributed by atoms with Crippen molar-refractivity contribution in [3.8, 4) is 11.5 Å². The second-order valence-electron chi connectivity index (χ2n) is 7.06. The van der Waals surface area contributed by atoms with Gasteiger partial charge < -0.3 is 24.4 Å². The van der Waals surface area contributed by atoms with Crippen molar-refractivity contribution in [2.24, 2.45) is 4.99 Å². The maximum absolute atomic E-state index is 5.56. The van der Waals surface area contributed by atoms with Crippen LogP contribution in [0.1, 0.15) is 24.4 Å². The molecule has 1 N–H and O–H groups in total. The van der Waals surface area contributed by atoms with E-state index in [0.717, 1.165) is 69.7 Å². The first-order valence-electron chi connectivity index (χ1n) is 10.2. The first-order chi connectivity index (χ1) is 14.1. The zero-order valence-corrected chi connectivity index (χ0v) is 21.1. The van der Waals surface area contributed by atoms with Crippen LogP contribution in [0.25, 0.3) is 0 Å². The summed E-state index contributed by atoms with van der Waals surface area (Å²) in [4.78, 5) is 9.06. The van der Waals surface area contributed by atoms with Gasteiger partial charge in [0, 0.05) is 40.3 Å². The van der Waals surface area contributed by atoms with Gasteiger partial charge in [0.25, 0.3) is 0 Å². The molecule has 7 nitrogen and oxygen atoms in total. The molecule has 8 heteroatoms. The van der Waals surface area contributed by atoms with Gasteiger partial charge in [-0.2, -0.15) is 0 Å². The first kappa shape index (κ1) is 26.5. The number of benzene rings is 1. The summed E-state index contributed by atoms with van der Waals surface area (Å²) in [5.41, 5.74) is 1.18. The molecule has 1 unspecified atom stereocenters. The van der Waals surface area contributed by atoms with E-state index in [4.69, 9.17) is 14.2 Å². The van der Waals surface area contributed by atoms with Gasteiger partial charge in [0.15, 0.2) is 17.5 Å². The number of allylic oxidation sites excluding steroid dienone is 1. The minimum atomic E-state index is 0. The number of methoxy groups -OCH3 is 2. The van der Waals surface area contributed by atoms with Crippen molar-refractivity contribution in [2.75, 3.05) is 67.7 Å². The van der Waals surface area contributed by atoms with Crippen LogP contribution in [-0.4, -0.2) is 83.5 Å². The van der Waals surface area contributed by atoms with Gasteiger partial charge in [-0.15, -0.1) is 30.6 Å². The molecule has 2 rings (SSSR count). The Balaban J connectivity index is 0.00000450. The van der Waals surface area contributed by atoms with Gasteiger partial charge in [-0.3, -0.25) is 9.89 Å². The molecule has 0 radical (unpaired) electrons. The number of hydrogen-bond donors (Lipinski definition) is 1. The van der Waals surface area contributed by atoms with Crippen molar-refractivity contribution in [2.45, 2.75) is 18.9 Å². The molecular formula is C22H37IN4O3. The molecule has 1 heterocycles. The second-order valence-corrected chi connectivity index (χ2v) is 7.06. The number of halogens is 1. The van der Waals surface area contributed by atoms with Crippen molar-refractivity contribution in [1.82, 2.24) is 15.1 Å². The molecule has 1 atom stereocenters. The molecule has 0 bridgehead atoms. The summed E-state index contributed by atoms with van der Waals surface area (Å²) >= 11 is 0. The van der Waals surface area contributed by atoms with E-state index >= 15 is 0 Å². The molecule has 30 heavy (non-hydrogen) atoms. The fraction of sp³-hybridized carbons (Fsp3) is 0.591. The Kier molecular flexibility index (Phi) is 12.8. The Morgan fingerprint density at radius 2 is 2.00 bits per heavy atom. The predicted molar refractivity (Wildman–Crippen MR) is 134 cm³/mol. The SMILES string of the molecule is C=CCCCN(C)C(=NC)NCC(c1ccc(OC)c(OC)c1)N1CCOCC1.I. The van der Waals surface area contributed by atoms with E-state index < -0.39 is 0 Å². The highest BCUT2D eigenvalue weighted by molar-refractivity contribution is 14.0. The summed E-state index contributed by atoms with van der Waals surface area (Å²) in [6.07, 6.45) is 4.02. The van der Waals surface area contributed by atoms with E-state index in [1.807, 2.05) is 19.2 Å². The van der Waals surface area contributed by atoms with Gasteiger partial charge in [-0.1, -0.05) is 12.1 Å². The Morgan fingerprint density at radius 3 is 2.60 bits per heavy atom. The van der Waals surface area contributed by atoms with Crippen LogP contribution in [0, 0.1) is 0 Å². The average molecular weight is 532 g/mol. The van der Waals surface area contributed by atoms with Gasteiger partial charge in [0.05, 0.1) is 33.5 Å². The van der Waals surface area contributed by atoms with E-state index in [1.165, 1.54) is 5.56 Å². The summed E-state index contributed by atoms with van der Waals surface area (Å²) < 4.78 is 16.5. The molecule has 1 aromatic rings. The smallest absolute Gasteiger partial charge is 0.193 e. The maximum atomic E-state index is 5.56. The van der Waals surface area contributed by atoms with Crippen LogP contribution >= 0.6 is 24.0 Å². The third-order valence-electron chi connectivity index (χ3n) is 5.21. The molecule has 1 aliphatic heterocycles. The lowest BCUT2D eigenvalue weighted by Gasteiger charge is -2.36. The number of nitrogens with zero attached hydrogens (tertiary/aromatic N) is 3. The van der Waals surface area contributed by atoms with Crippen molar-refractivity contribution < 1.29 is 14.2 Å². The van der Waals surface area contributed by atoms with Gasteiger partial charge in [-0.25, -0.2) is 0 Å². The van der Waals surface area contributed by atoms with E-state index in [2.05, 4.69) is 45.9 Å². The van der Waals surface area contributed by atoms with E-state index in [9.17, 15) is 0 Å². The molecule has 170 valence electrons. The summed E-state index contributed by atoms with van der Waals surface area (Å²) in [6, 6.07) is 6.33. The summed E-state index contributed by atoms with van der Waals surface area (Å²) in [7, 11) is 7.22. The zero-order chi connectivity index (χ0) is 21.1. The van der Waals surface area contributed by atoms with Gasteiger partial charge >= 0.3 is 0 Å².